The first-order valence-corrected chi connectivity index (χ1v) is 12.4. The molecular weight excluding hydrogens is 486 g/mol. The van der Waals surface area contributed by atoms with Crippen LogP contribution >= 0.6 is 11.6 Å². The monoisotopic (exact) mass is 509 g/mol. The Bertz CT molecular complexity index is 1180. The third-order valence-electron chi connectivity index (χ3n) is 5.29. The first-order valence-electron chi connectivity index (χ1n) is 10.5. The van der Waals surface area contributed by atoms with Crippen LogP contribution in [0.4, 0.5) is 17.1 Å². The lowest BCUT2D eigenvalue weighted by atomic mass is 9.89. The van der Waals surface area contributed by atoms with Crippen molar-refractivity contribution in [1.29, 1.82) is 0 Å². The maximum absolute atomic E-state index is 12.6. The number of nitro benzene ring substituents is 1. The fraction of sp³-hybridized carbons (Fsp3) is 0.333. The van der Waals surface area contributed by atoms with E-state index >= 15 is 0 Å². The Morgan fingerprint density at radius 1 is 1.09 bits per heavy atom. The van der Waals surface area contributed by atoms with Crippen LogP contribution in [0.2, 0.25) is 5.02 Å². The molecule has 0 bridgehead atoms. The number of carbonyl (C=O) groups is 2. The van der Waals surface area contributed by atoms with E-state index in [2.05, 4.69) is 20.9 Å². The highest BCUT2D eigenvalue weighted by atomic mass is 35.5. The van der Waals surface area contributed by atoms with Crippen molar-refractivity contribution < 1.29 is 22.9 Å². The van der Waals surface area contributed by atoms with E-state index in [0.29, 0.717) is 5.02 Å². The van der Waals surface area contributed by atoms with Gasteiger partial charge in [0.2, 0.25) is 5.91 Å². The molecule has 1 fully saturated rings. The Balaban J connectivity index is 1.63. The summed E-state index contributed by atoms with van der Waals surface area (Å²) in [6, 6.07) is 9.18. The van der Waals surface area contributed by atoms with Crippen molar-refractivity contribution >= 4 is 50.5 Å². The molecule has 1 aliphatic carbocycles. The molecule has 0 heterocycles. The number of halogens is 1. The maximum Gasteiger partial charge on any atom is 0.295 e. The summed E-state index contributed by atoms with van der Waals surface area (Å²) in [5.74, 6) is -0.911. The molecule has 0 radical (unpaired) electrons. The minimum Gasteiger partial charge on any atom is -0.347 e. The summed E-state index contributed by atoms with van der Waals surface area (Å²) in [5.41, 5.74) is 4.18. The Hall–Kier alpha value is -3.38. The Kier molecular flexibility index (Phi) is 8.29. The van der Waals surface area contributed by atoms with Gasteiger partial charge in [0, 0.05) is 17.0 Å². The van der Waals surface area contributed by atoms with Gasteiger partial charge in [0.15, 0.2) is 0 Å². The van der Waals surface area contributed by atoms with Gasteiger partial charge in [-0.15, -0.1) is 0 Å². The van der Waals surface area contributed by atoms with Gasteiger partial charge in [-0.25, -0.2) is 8.42 Å². The van der Waals surface area contributed by atoms with Crippen LogP contribution in [0.1, 0.15) is 32.1 Å². The van der Waals surface area contributed by atoms with Crippen molar-refractivity contribution in [3.05, 3.63) is 57.6 Å². The number of anilines is 2. The van der Waals surface area contributed by atoms with E-state index in [-0.39, 0.29) is 34.6 Å². The van der Waals surface area contributed by atoms with Crippen molar-refractivity contribution in [3.63, 3.8) is 0 Å². The zero-order valence-electron chi connectivity index (χ0n) is 18.0. The third-order valence-corrected chi connectivity index (χ3v) is 6.90. The fourth-order valence-corrected chi connectivity index (χ4v) is 4.82. The van der Waals surface area contributed by atoms with Crippen molar-refractivity contribution in [1.82, 2.24) is 10.7 Å². The van der Waals surface area contributed by atoms with Gasteiger partial charge in [0.1, 0.15) is 5.69 Å². The molecule has 1 aliphatic rings. The molecule has 4 N–H and O–H groups in total. The lowest BCUT2D eigenvalue weighted by Crippen LogP contribution is -2.41. The van der Waals surface area contributed by atoms with E-state index < -0.39 is 26.5 Å². The number of rotatable bonds is 9. The van der Waals surface area contributed by atoms with Crippen LogP contribution in [0.3, 0.4) is 0 Å². The van der Waals surface area contributed by atoms with Crippen LogP contribution in [0.25, 0.3) is 0 Å². The molecule has 0 aromatic heterocycles. The van der Waals surface area contributed by atoms with Crippen LogP contribution in [0, 0.1) is 16.0 Å². The maximum atomic E-state index is 12.6. The number of nitrogens with one attached hydrogen (secondary N) is 4. The highest BCUT2D eigenvalue weighted by Gasteiger charge is 2.23. The molecule has 0 unspecified atom stereocenters. The van der Waals surface area contributed by atoms with Gasteiger partial charge in [-0.1, -0.05) is 36.9 Å². The Labute approximate surface area is 201 Å². The van der Waals surface area contributed by atoms with Crippen LogP contribution in [0.5, 0.6) is 0 Å². The quantitative estimate of drug-likeness (QED) is 0.298. The molecule has 0 saturated heterocycles. The molecule has 34 heavy (non-hydrogen) atoms. The van der Waals surface area contributed by atoms with Crippen molar-refractivity contribution in [2.45, 2.75) is 37.0 Å². The molecule has 2 aromatic carbocycles. The van der Waals surface area contributed by atoms with Gasteiger partial charge in [-0.2, -0.15) is 0 Å². The summed E-state index contributed by atoms with van der Waals surface area (Å²) < 4.78 is 27.6. The van der Waals surface area contributed by atoms with Gasteiger partial charge in [-0.05, 0) is 43.2 Å². The van der Waals surface area contributed by atoms with Crippen LogP contribution in [-0.2, 0) is 19.6 Å². The fourth-order valence-electron chi connectivity index (χ4n) is 3.56. The van der Waals surface area contributed by atoms with Crippen LogP contribution < -0.4 is 20.9 Å². The largest absolute Gasteiger partial charge is 0.347 e. The molecular formula is C21H24ClN5O6S. The topological polar surface area (TPSA) is 160 Å². The van der Waals surface area contributed by atoms with E-state index in [9.17, 15) is 28.1 Å². The summed E-state index contributed by atoms with van der Waals surface area (Å²) >= 11 is 5.86. The summed E-state index contributed by atoms with van der Waals surface area (Å²) in [5, 5.41) is 14.4. The SMILES string of the molecule is O=C(CNC(=O)C1CCCCC1)NNc1ccc(S(=O)(=O)Nc2cccc(Cl)c2)cc1[N+](=O)[O-]. The van der Waals surface area contributed by atoms with Gasteiger partial charge in [0.25, 0.3) is 21.6 Å². The summed E-state index contributed by atoms with van der Waals surface area (Å²) in [4.78, 5) is 34.6. The van der Waals surface area contributed by atoms with Crippen molar-refractivity contribution in [3.8, 4) is 0 Å². The van der Waals surface area contributed by atoms with E-state index in [4.69, 9.17) is 11.6 Å². The number of nitro groups is 1. The zero-order chi connectivity index (χ0) is 24.7. The van der Waals surface area contributed by atoms with Gasteiger partial charge in [-0.3, -0.25) is 35.3 Å². The Morgan fingerprint density at radius 3 is 2.50 bits per heavy atom. The molecule has 2 aromatic rings. The molecule has 3 rings (SSSR count). The predicted octanol–water partition coefficient (Wildman–Crippen LogP) is 3.19. The predicted molar refractivity (Wildman–Crippen MR) is 127 cm³/mol. The number of sulfonamides is 1. The lowest BCUT2D eigenvalue weighted by Gasteiger charge is -2.20. The molecule has 182 valence electrons. The zero-order valence-corrected chi connectivity index (χ0v) is 19.6. The Morgan fingerprint density at radius 2 is 1.82 bits per heavy atom. The molecule has 11 nitrogen and oxygen atoms in total. The minimum absolute atomic E-state index is 0.106. The number of hydrazine groups is 1. The van der Waals surface area contributed by atoms with E-state index in [0.717, 1.165) is 50.3 Å². The van der Waals surface area contributed by atoms with E-state index in [1.54, 1.807) is 12.1 Å². The summed E-state index contributed by atoms with van der Waals surface area (Å²) in [6.45, 7) is -0.299. The lowest BCUT2D eigenvalue weighted by molar-refractivity contribution is -0.384. The standard InChI is InChI=1S/C21H24ClN5O6S/c22-15-7-4-8-16(11-15)26-34(32,33)17-9-10-18(19(12-17)27(30)31)24-25-20(28)13-23-21(29)14-5-2-1-3-6-14/h4,7-12,14,24,26H,1-3,5-6,13H2,(H,23,29)(H,25,28). The van der Waals surface area contributed by atoms with Crippen molar-refractivity contribution in [2.75, 3.05) is 16.7 Å². The third kappa shape index (κ3) is 6.81. The van der Waals surface area contributed by atoms with Crippen LogP contribution in [-0.4, -0.2) is 31.7 Å². The second-order valence-corrected chi connectivity index (χ2v) is 9.90. The first kappa shape index (κ1) is 25.2. The second-order valence-electron chi connectivity index (χ2n) is 7.78. The van der Waals surface area contributed by atoms with Gasteiger partial charge >= 0.3 is 0 Å². The molecule has 2 amide bonds. The van der Waals surface area contributed by atoms with Crippen LogP contribution in [0.15, 0.2) is 47.4 Å². The van der Waals surface area contributed by atoms with E-state index in [1.165, 1.54) is 12.1 Å². The number of benzene rings is 2. The number of nitrogens with zero attached hydrogens (tertiary/aromatic N) is 1. The second kappa shape index (κ2) is 11.2. The highest BCUT2D eigenvalue weighted by Crippen LogP contribution is 2.28. The number of amides is 2. The first-order chi connectivity index (χ1) is 16.2. The number of hydrogen-bond donors (Lipinski definition) is 4. The normalized spacial score (nSPS) is 14.1. The average molecular weight is 510 g/mol. The molecule has 1 saturated carbocycles. The van der Waals surface area contributed by atoms with Crippen molar-refractivity contribution in [2.24, 2.45) is 5.92 Å². The number of hydrogen-bond acceptors (Lipinski definition) is 7. The minimum atomic E-state index is -4.14. The summed E-state index contributed by atoms with van der Waals surface area (Å²) in [7, 11) is -4.14. The molecule has 13 heteroatoms. The number of carbonyl (C=O) groups excluding carboxylic acids is 2. The average Bonchev–Trinajstić information content (AvgIpc) is 2.81. The molecule has 0 aliphatic heterocycles. The van der Waals surface area contributed by atoms with Gasteiger partial charge < -0.3 is 5.32 Å². The summed E-state index contributed by atoms with van der Waals surface area (Å²) in [6.07, 6.45) is 4.65. The molecule has 0 spiro atoms. The highest BCUT2D eigenvalue weighted by molar-refractivity contribution is 7.92. The van der Waals surface area contributed by atoms with E-state index in [1.807, 2.05) is 0 Å². The smallest absolute Gasteiger partial charge is 0.295 e. The van der Waals surface area contributed by atoms with Gasteiger partial charge in [0.05, 0.1) is 22.1 Å². The molecule has 0 atom stereocenters.